The zero-order valence-electron chi connectivity index (χ0n) is 24.0. The van der Waals surface area contributed by atoms with Crippen LogP contribution in [-0.2, 0) is 23.5 Å². The second kappa shape index (κ2) is 12.2. The highest BCUT2D eigenvalue weighted by molar-refractivity contribution is 5.88. The first-order valence-corrected chi connectivity index (χ1v) is 13.8. The number of nitro groups is 1. The summed E-state index contributed by atoms with van der Waals surface area (Å²) in [5.41, 5.74) is -2.80. The maximum absolute atomic E-state index is 14.8. The van der Waals surface area contributed by atoms with Gasteiger partial charge in [0.05, 0.1) is 29.7 Å². The number of amides is 1. The minimum atomic E-state index is -5.17. The Balaban J connectivity index is 1.43. The third-order valence-electron chi connectivity index (χ3n) is 7.93. The van der Waals surface area contributed by atoms with Crippen LogP contribution < -0.4 is 4.74 Å². The number of methoxy groups -OCH3 is 1. The van der Waals surface area contributed by atoms with Gasteiger partial charge in [0.15, 0.2) is 0 Å². The molecule has 1 saturated heterocycles. The summed E-state index contributed by atoms with van der Waals surface area (Å²) < 4.78 is 51.1. The van der Waals surface area contributed by atoms with Crippen LogP contribution in [0.2, 0.25) is 0 Å². The maximum Gasteiger partial charge on any atom is 0.422 e. The second-order valence-electron chi connectivity index (χ2n) is 10.8. The number of nitrogens with zero attached hydrogens (tertiary/aromatic N) is 4. The number of β-amino-alcohol motifs (C(OH)–C–C–N with tert-alkyl or cyclic N) is 1. The van der Waals surface area contributed by atoms with Gasteiger partial charge in [0.25, 0.3) is 5.69 Å². The third-order valence-corrected chi connectivity index (χ3v) is 7.93. The Hall–Kier alpha value is -4.95. The number of carboxylic acids is 1. The van der Waals surface area contributed by atoms with Crippen molar-refractivity contribution in [3.63, 3.8) is 0 Å². The van der Waals surface area contributed by atoms with Gasteiger partial charge in [-0.2, -0.15) is 13.2 Å². The Bertz CT molecular complexity index is 1760. The lowest BCUT2D eigenvalue weighted by Gasteiger charge is -2.39. The maximum atomic E-state index is 14.8. The molecule has 1 unspecified atom stereocenters. The molecule has 0 saturated carbocycles. The van der Waals surface area contributed by atoms with Crippen LogP contribution in [0.1, 0.15) is 27.0 Å². The number of carbonyl (C=O) groups excluding carboxylic acids is 1. The van der Waals surface area contributed by atoms with E-state index in [0.29, 0.717) is 5.56 Å². The number of non-ortho nitro benzene ring substituents is 1. The first-order valence-electron chi connectivity index (χ1n) is 13.8. The first kappa shape index (κ1) is 31.5. The number of ether oxygens (including phenoxy) is 1. The van der Waals surface area contributed by atoms with E-state index in [0.717, 1.165) is 11.6 Å². The molecule has 0 spiro atoms. The fourth-order valence-corrected chi connectivity index (χ4v) is 5.56. The number of hydrogen-bond donors (Lipinski definition) is 2. The molecular formula is C31H29F3N4O7. The number of carbonyl (C=O) groups is 2. The van der Waals surface area contributed by atoms with Gasteiger partial charge in [-0.1, -0.05) is 36.4 Å². The summed E-state index contributed by atoms with van der Waals surface area (Å²) in [5.74, 6) is -1.39. The van der Waals surface area contributed by atoms with Gasteiger partial charge in [-0.15, -0.1) is 0 Å². The van der Waals surface area contributed by atoms with Crippen molar-refractivity contribution in [3.05, 3.63) is 105 Å². The highest BCUT2D eigenvalue weighted by Crippen LogP contribution is 2.44. The van der Waals surface area contributed by atoms with E-state index in [1.807, 2.05) is 0 Å². The highest BCUT2D eigenvalue weighted by atomic mass is 19.4. The van der Waals surface area contributed by atoms with Gasteiger partial charge in [-0.3, -0.25) is 19.8 Å². The van der Waals surface area contributed by atoms with Gasteiger partial charge in [0, 0.05) is 67.6 Å². The summed E-state index contributed by atoms with van der Waals surface area (Å²) in [5, 5.41) is 32.2. The molecule has 45 heavy (non-hydrogen) atoms. The second-order valence-corrected chi connectivity index (χ2v) is 10.8. The number of halogens is 3. The Kier molecular flexibility index (Phi) is 8.54. The largest absolute Gasteiger partial charge is 0.496 e. The molecule has 0 aliphatic carbocycles. The van der Waals surface area contributed by atoms with Gasteiger partial charge in [0.1, 0.15) is 5.75 Å². The van der Waals surface area contributed by atoms with E-state index in [1.165, 1.54) is 58.0 Å². The van der Waals surface area contributed by atoms with Crippen LogP contribution in [0.3, 0.4) is 0 Å². The van der Waals surface area contributed by atoms with E-state index in [4.69, 9.17) is 4.74 Å². The van der Waals surface area contributed by atoms with E-state index in [-0.39, 0.29) is 54.1 Å². The Morgan fingerprint density at radius 1 is 1.04 bits per heavy atom. The number of benzene rings is 3. The topological polar surface area (TPSA) is 138 Å². The van der Waals surface area contributed by atoms with Crippen molar-refractivity contribution >= 4 is 28.5 Å². The molecule has 5 rings (SSSR count). The lowest BCUT2D eigenvalue weighted by molar-refractivity contribution is -0.384. The monoisotopic (exact) mass is 626 g/mol. The minimum Gasteiger partial charge on any atom is -0.496 e. The molecule has 1 atom stereocenters. The highest BCUT2D eigenvalue weighted by Gasteiger charge is 2.57. The first-order chi connectivity index (χ1) is 21.3. The van der Waals surface area contributed by atoms with Gasteiger partial charge in [-0.05, 0) is 23.8 Å². The van der Waals surface area contributed by atoms with E-state index in [2.05, 4.69) is 0 Å². The molecule has 3 aromatic carbocycles. The quantitative estimate of drug-likeness (QED) is 0.195. The number of aliphatic hydroxyl groups is 1. The van der Waals surface area contributed by atoms with Crippen molar-refractivity contribution < 1.29 is 42.6 Å². The summed E-state index contributed by atoms with van der Waals surface area (Å²) in [7, 11) is 1.36. The lowest BCUT2D eigenvalue weighted by Crippen LogP contribution is -2.57. The van der Waals surface area contributed by atoms with E-state index in [9.17, 15) is 43.1 Å². The molecule has 236 valence electrons. The number of aromatic carboxylic acids is 1. The SMILES string of the molecule is COc1cc(C(=O)O)ccc1CN1CCN(CC(O)(c2cn(Cc3ccccc3)c3cc([N+](=O)[O-])ccc23)C(F)(F)F)CC1=O. The number of rotatable bonds is 10. The van der Waals surface area contributed by atoms with Gasteiger partial charge < -0.3 is 24.4 Å². The standard InChI is InChI=1S/C31H29F3N4O7/c1-45-27-13-21(29(40)41)7-8-22(27)16-36-12-11-35(18-28(36)39)19-30(42,31(32,33)34)25-17-37(15-20-5-3-2-4-6-20)26-14-23(38(43)44)9-10-24(25)26/h2-10,13-14,17,42H,11-12,15-16,18-19H2,1H3,(H,40,41). The van der Waals surface area contributed by atoms with Gasteiger partial charge >= 0.3 is 12.1 Å². The molecular weight excluding hydrogens is 597 g/mol. The summed E-state index contributed by atoms with van der Waals surface area (Å²) in [6, 6.07) is 16.5. The fourth-order valence-electron chi connectivity index (χ4n) is 5.56. The number of nitro benzene ring substituents is 1. The molecule has 2 N–H and O–H groups in total. The molecule has 0 bridgehead atoms. The van der Waals surface area contributed by atoms with Crippen LogP contribution in [0, 0.1) is 10.1 Å². The minimum absolute atomic E-state index is 0.00165. The van der Waals surface area contributed by atoms with Crippen molar-refractivity contribution in [2.75, 3.05) is 33.3 Å². The van der Waals surface area contributed by atoms with Crippen molar-refractivity contribution in [1.82, 2.24) is 14.4 Å². The predicted molar refractivity (Wildman–Crippen MR) is 156 cm³/mol. The van der Waals surface area contributed by atoms with Gasteiger partial charge in [-0.25, -0.2) is 4.79 Å². The third kappa shape index (κ3) is 6.33. The number of fused-ring (bicyclic) bond motifs is 1. The molecule has 2 heterocycles. The molecule has 1 aliphatic heterocycles. The van der Waals surface area contributed by atoms with Crippen molar-refractivity contribution in [3.8, 4) is 5.75 Å². The van der Waals surface area contributed by atoms with Crippen molar-refractivity contribution in [2.45, 2.75) is 24.9 Å². The van der Waals surface area contributed by atoms with Crippen LogP contribution in [0.5, 0.6) is 5.75 Å². The number of piperazine rings is 1. The number of aromatic nitrogens is 1. The Morgan fingerprint density at radius 2 is 1.78 bits per heavy atom. The summed E-state index contributed by atoms with van der Waals surface area (Å²) >= 11 is 0. The van der Waals surface area contributed by atoms with Crippen molar-refractivity contribution in [2.24, 2.45) is 0 Å². The molecule has 11 nitrogen and oxygen atoms in total. The normalized spacial score (nSPS) is 15.7. The molecule has 14 heteroatoms. The average Bonchev–Trinajstić information content (AvgIpc) is 3.36. The Morgan fingerprint density at radius 3 is 2.40 bits per heavy atom. The predicted octanol–water partition coefficient (Wildman–Crippen LogP) is 4.40. The van der Waals surface area contributed by atoms with Gasteiger partial charge in [0.2, 0.25) is 11.5 Å². The van der Waals surface area contributed by atoms with Crippen LogP contribution in [-0.4, -0.2) is 80.8 Å². The Labute approximate surface area is 254 Å². The zero-order chi connectivity index (χ0) is 32.5. The molecule has 1 aliphatic rings. The van der Waals surface area contributed by atoms with Crippen LogP contribution in [0.4, 0.5) is 18.9 Å². The fraction of sp³-hybridized carbons (Fsp3) is 0.290. The molecule has 1 amide bonds. The van der Waals surface area contributed by atoms with Crippen LogP contribution in [0.25, 0.3) is 10.9 Å². The van der Waals surface area contributed by atoms with Crippen LogP contribution in [0.15, 0.2) is 72.9 Å². The number of carboxylic acid groups (broad SMARTS) is 1. The molecule has 4 aromatic rings. The average molecular weight is 627 g/mol. The zero-order valence-corrected chi connectivity index (χ0v) is 24.0. The summed E-state index contributed by atoms with van der Waals surface area (Å²) in [6.45, 7) is -1.17. The smallest absolute Gasteiger partial charge is 0.422 e. The van der Waals surface area contributed by atoms with E-state index in [1.54, 1.807) is 30.3 Å². The number of alkyl halides is 3. The van der Waals surface area contributed by atoms with E-state index < -0.39 is 47.2 Å². The molecule has 0 radical (unpaired) electrons. The summed E-state index contributed by atoms with van der Waals surface area (Å²) in [6.07, 6.45) is -4.00. The van der Waals surface area contributed by atoms with Crippen molar-refractivity contribution in [1.29, 1.82) is 0 Å². The summed E-state index contributed by atoms with van der Waals surface area (Å²) in [4.78, 5) is 37.9. The number of hydrogen-bond acceptors (Lipinski definition) is 7. The van der Waals surface area contributed by atoms with Crippen LogP contribution >= 0.6 is 0 Å². The molecule has 1 aromatic heterocycles. The van der Waals surface area contributed by atoms with E-state index >= 15 is 0 Å². The lowest BCUT2D eigenvalue weighted by atomic mass is 9.91. The molecule has 1 fully saturated rings.